The summed E-state index contributed by atoms with van der Waals surface area (Å²) in [6.07, 6.45) is 4.37. The zero-order valence-electron chi connectivity index (χ0n) is 19.7. The van der Waals surface area contributed by atoms with Gasteiger partial charge in [0, 0.05) is 23.9 Å². The van der Waals surface area contributed by atoms with Gasteiger partial charge in [0.15, 0.2) is 0 Å². The van der Waals surface area contributed by atoms with E-state index < -0.39 is 12.1 Å². The third kappa shape index (κ3) is 5.04. The Labute approximate surface area is 205 Å². The third-order valence-corrected chi connectivity index (χ3v) is 7.84. The Morgan fingerprint density at radius 1 is 0.800 bits per heavy atom. The first-order valence-electron chi connectivity index (χ1n) is 12.6. The fourth-order valence-electron chi connectivity index (χ4n) is 6.02. The number of fused-ring (bicyclic) bond motifs is 3. The highest BCUT2D eigenvalue weighted by Gasteiger charge is 2.34. The van der Waals surface area contributed by atoms with Crippen LogP contribution in [0, 0.1) is 11.8 Å². The van der Waals surface area contributed by atoms with Crippen LogP contribution in [0.15, 0.2) is 48.5 Å². The molecule has 0 heterocycles. The molecule has 184 valence electrons. The van der Waals surface area contributed by atoms with Gasteiger partial charge in [-0.25, -0.2) is 4.79 Å². The minimum Gasteiger partial charge on any atom is -0.481 e. The summed E-state index contributed by atoms with van der Waals surface area (Å²) in [5.74, 6) is -1.34. The Morgan fingerprint density at radius 2 is 1.43 bits per heavy atom. The quantitative estimate of drug-likeness (QED) is 0.571. The summed E-state index contributed by atoms with van der Waals surface area (Å²) in [5, 5.41) is 15.3. The minimum atomic E-state index is -0.780. The molecule has 0 spiro atoms. The number of ether oxygens (including phenoxy) is 1. The van der Waals surface area contributed by atoms with E-state index in [-0.39, 0.29) is 42.4 Å². The second kappa shape index (κ2) is 10.1. The Morgan fingerprint density at radius 3 is 2.11 bits per heavy atom. The van der Waals surface area contributed by atoms with Crippen molar-refractivity contribution in [2.75, 3.05) is 6.61 Å². The predicted octanol–water partition coefficient (Wildman–Crippen LogP) is 4.45. The predicted molar refractivity (Wildman–Crippen MR) is 131 cm³/mol. The van der Waals surface area contributed by atoms with Crippen molar-refractivity contribution in [3.63, 3.8) is 0 Å². The third-order valence-electron chi connectivity index (χ3n) is 7.84. The number of carboxylic acid groups (broad SMARTS) is 1. The van der Waals surface area contributed by atoms with Crippen molar-refractivity contribution in [1.29, 1.82) is 0 Å². The van der Waals surface area contributed by atoms with Crippen LogP contribution in [-0.4, -0.2) is 41.8 Å². The Kier molecular flexibility index (Phi) is 6.75. The van der Waals surface area contributed by atoms with Crippen molar-refractivity contribution < 1.29 is 24.2 Å². The van der Waals surface area contributed by atoms with Crippen LogP contribution in [0.3, 0.4) is 0 Å². The highest BCUT2D eigenvalue weighted by atomic mass is 16.5. The number of nitrogens with one attached hydrogen (secondary N) is 2. The first-order valence-corrected chi connectivity index (χ1v) is 12.6. The molecule has 2 aromatic carbocycles. The van der Waals surface area contributed by atoms with Crippen LogP contribution in [-0.2, 0) is 14.3 Å². The van der Waals surface area contributed by atoms with Gasteiger partial charge in [-0.1, -0.05) is 55.0 Å². The zero-order chi connectivity index (χ0) is 24.4. The molecule has 3 aliphatic rings. The van der Waals surface area contributed by atoms with E-state index >= 15 is 0 Å². The molecule has 2 aromatic rings. The summed E-state index contributed by atoms with van der Waals surface area (Å²) >= 11 is 0. The molecular weight excluding hydrogens is 444 g/mol. The van der Waals surface area contributed by atoms with Gasteiger partial charge in [-0.15, -0.1) is 0 Å². The Hall–Kier alpha value is -3.35. The first kappa shape index (κ1) is 23.4. The van der Waals surface area contributed by atoms with Crippen molar-refractivity contribution in [2.24, 2.45) is 11.8 Å². The molecule has 7 nitrogen and oxygen atoms in total. The van der Waals surface area contributed by atoms with Gasteiger partial charge in [-0.05, 0) is 60.8 Å². The lowest BCUT2D eigenvalue weighted by Crippen LogP contribution is -2.42. The van der Waals surface area contributed by atoms with E-state index in [1.54, 1.807) is 0 Å². The van der Waals surface area contributed by atoms with Gasteiger partial charge in [0.25, 0.3) is 0 Å². The molecule has 35 heavy (non-hydrogen) atoms. The van der Waals surface area contributed by atoms with Crippen LogP contribution in [0.1, 0.15) is 62.0 Å². The molecule has 0 saturated heterocycles. The topological polar surface area (TPSA) is 105 Å². The molecule has 0 radical (unpaired) electrons. The molecule has 0 unspecified atom stereocenters. The molecule has 0 aliphatic heterocycles. The number of benzene rings is 2. The fraction of sp³-hybridized carbons (Fsp3) is 0.464. The number of aliphatic carboxylic acids is 1. The van der Waals surface area contributed by atoms with E-state index in [1.165, 1.54) is 22.3 Å². The number of hydrogen-bond acceptors (Lipinski definition) is 4. The lowest BCUT2D eigenvalue weighted by atomic mass is 9.85. The maximum Gasteiger partial charge on any atom is 0.407 e. The van der Waals surface area contributed by atoms with E-state index in [9.17, 15) is 19.5 Å². The molecule has 3 aliphatic carbocycles. The van der Waals surface area contributed by atoms with Crippen LogP contribution < -0.4 is 10.6 Å². The number of carbonyl (C=O) groups is 3. The monoisotopic (exact) mass is 476 g/mol. The van der Waals surface area contributed by atoms with Gasteiger partial charge >= 0.3 is 12.1 Å². The summed E-state index contributed by atoms with van der Waals surface area (Å²) in [4.78, 5) is 36.6. The molecule has 2 amide bonds. The largest absolute Gasteiger partial charge is 0.481 e. The second-order valence-electron chi connectivity index (χ2n) is 10.1. The van der Waals surface area contributed by atoms with Crippen LogP contribution in [0.25, 0.3) is 11.1 Å². The summed E-state index contributed by atoms with van der Waals surface area (Å²) in [5.41, 5.74) is 4.72. The lowest BCUT2D eigenvalue weighted by Gasteiger charge is -2.28. The standard InChI is InChI=1S/C28H32N2O5/c31-26(29-19-7-5-6-18(15-19)27(32)33)17-12-13-20(14-17)30-28(34)35-16-25-23-10-3-1-8-21(23)22-9-2-4-11-24(22)25/h1-4,8-11,17-20,25H,5-7,12-16H2,(H,29,31)(H,30,34)(H,32,33)/t17-,18+,19+,20+/m0/s1. The van der Waals surface area contributed by atoms with Crippen molar-refractivity contribution in [3.8, 4) is 11.1 Å². The summed E-state index contributed by atoms with van der Waals surface area (Å²) in [6.45, 7) is 0.267. The summed E-state index contributed by atoms with van der Waals surface area (Å²) < 4.78 is 5.65. The van der Waals surface area contributed by atoms with Crippen molar-refractivity contribution in [2.45, 2.75) is 62.9 Å². The average Bonchev–Trinajstić information content (AvgIpc) is 3.46. The highest BCUT2D eigenvalue weighted by Crippen LogP contribution is 2.44. The molecular formula is C28H32N2O5. The maximum atomic E-state index is 12.8. The van der Waals surface area contributed by atoms with Crippen LogP contribution in [0.5, 0.6) is 0 Å². The molecule has 5 rings (SSSR count). The van der Waals surface area contributed by atoms with E-state index in [1.807, 2.05) is 24.3 Å². The van der Waals surface area contributed by atoms with E-state index in [0.29, 0.717) is 25.7 Å². The minimum absolute atomic E-state index is 0.0142. The highest BCUT2D eigenvalue weighted by molar-refractivity contribution is 5.80. The van der Waals surface area contributed by atoms with E-state index in [2.05, 4.69) is 34.9 Å². The smallest absolute Gasteiger partial charge is 0.407 e. The van der Waals surface area contributed by atoms with Crippen LogP contribution in [0.2, 0.25) is 0 Å². The molecule has 0 bridgehead atoms. The van der Waals surface area contributed by atoms with E-state index in [0.717, 1.165) is 19.3 Å². The molecule has 2 fully saturated rings. The zero-order valence-corrected chi connectivity index (χ0v) is 19.7. The lowest BCUT2D eigenvalue weighted by molar-refractivity contribution is -0.143. The number of carbonyl (C=O) groups excluding carboxylic acids is 2. The van der Waals surface area contributed by atoms with Crippen LogP contribution >= 0.6 is 0 Å². The van der Waals surface area contributed by atoms with Gasteiger partial charge in [-0.3, -0.25) is 9.59 Å². The first-order chi connectivity index (χ1) is 17.0. The van der Waals surface area contributed by atoms with Gasteiger partial charge in [0.1, 0.15) is 6.61 Å². The van der Waals surface area contributed by atoms with Crippen molar-refractivity contribution in [3.05, 3.63) is 59.7 Å². The summed E-state index contributed by atoms with van der Waals surface area (Å²) in [6, 6.07) is 16.3. The average molecular weight is 477 g/mol. The molecule has 0 aromatic heterocycles. The van der Waals surface area contributed by atoms with Crippen molar-refractivity contribution in [1.82, 2.24) is 10.6 Å². The summed E-state index contributed by atoms with van der Waals surface area (Å²) in [7, 11) is 0. The Bertz CT molecular complexity index is 1070. The molecule has 7 heteroatoms. The number of carboxylic acids is 1. The van der Waals surface area contributed by atoms with Crippen molar-refractivity contribution >= 4 is 18.0 Å². The molecule has 2 saturated carbocycles. The van der Waals surface area contributed by atoms with Gasteiger partial charge in [0.2, 0.25) is 5.91 Å². The van der Waals surface area contributed by atoms with Crippen LogP contribution in [0.4, 0.5) is 4.79 Å². The normalized spacial score (nSPS) is 25.4. The number of alkyl carbamates (subject to hydrolysis) is 1. The van der Waals surface area contributed by atoms with Gasteiger partial charge in [0.05, 0.1) is 5.92 Å². The van der Waals surface area contributed by atoms with Gasteiger partial charge < -0.3 is 20.5 Å². The number of rotatable bonds is 6. The number of amides is 2. The molecule has 3 N–H and O–H groups in total. The van der Waals surface area contributed by atoms with E-state index in [4.69, 9.17) is 4.74 Å². The number of hydrogen-bond donors (Lipinski definition) is 3. The molecule has 4 atom stereocenters. The Balaban J connectivity index is 1.10. The maximum absolute atomic E-state index is 12.8. The SMILES string of the molecule is O=C(N[C@@H]1CC[C@H](C(=O)N[C@@H]2CCC[C@@H](C(=O)O)C2)C1)OCC1c2ccccc2-c2ccccc21. The fourth-order valence-corrected chi connectivity index (χ4v) is 6.02. The van der Waals surface area contributed by atoms with Gasteiger partial charge in [-0.2, -0.15) is 0 Å². The second-order valence-corrected chi connectivity index (χ2v) is 10.1.